The van der Waals surface area contributed by atoms with Gasteiger partial charge in [0.1, 0.15) is 5.78 Å². The Morgan fingerprint density at radius 1 is 1.60 bits per heavy atom. The monoisotopic (exact) mass is 318 g/mol. The lowest BCUT2D eigenvalue weighted by molar-refractivity contribution is -0.124. The summed E-state index contributed by atoms with van der Waals surface area (Å²) in [6.07, 6.45) is 6.18. The Balaban J connectivity index is 2.29. The molecule has 0 radical (unpaired) electrons. The molecule has 1 atom stereocenters. The maximum absolute atomic E-state index is 11.5. The second-order valence-electron chi connectivity index (χ2n) is 4.89. The highest BCUT2D eigenvalue weighted by molar-refractivity contribution is 14.1. The van der Waals surface area contributed by atoms with Gasteiger partial charge in [0.15, 0.2) is 0 Å². The molecule has 0 saturated heterocycles. The van der Waals surface area contributed by atoms with E-state index in [4.69, 9.17) is 0 Å². The van der Waals surface area contributed by atoms with E-state index in [-0.39, 0.29) is 11.5 Å². The molecule has 3 nitrogen and oxygen atoms in total. The normalized spacial score (nSPS) is 25.5. The Kier molecular flexibility index (Phi) is 2.87. The molecule has 1 aromatic heterocycles. The summed E-state index contributed by atoms with van der Waals surface area (Å²) >= 11 is 2.25. The van der Waals surface area contributed by atoms with E-state index in [2.05, 4.69) is 41.5 Å². The number of halogens is 1. The number of carbonyl (C=O) groups excluding carboxylic acids is 1. The van der Waals surface area contributed by atoms with Crippen molar-refractivity contribution < 1.29 is 4.79 Å². The van der Waals surface area contributed by atoms with Crippen LogP contribution < -0.4 is 0 Å². The standard InChI is InChI=1S/C11H15IN2O/c1-11(2)4-3-9(15)5-10(11)14-7-8(12)6-13-14/h6-7,10H,3-5H2,1-2H3. The summed E-state index contributed by atoms with van der Waals surface area (Å²) in [6, 6.07) is 0.224. The van der Waals surface area contributed by atoms with Crippen molar-refractivity contribution >= 4 is 28.4 Å². The van der Waals surface area contributed by atoms with E-state index < -0.39 is 0 Å². The van der Waals surface area contributed by atoms with Gasteiger partial charge in [0.25, 0.3) is 0 Å². The van der Waals surface area contributed by atoms with Crippen LogP contribution in [0.2, 0.25) is 0 Å². The van der Waals surface area contributed by atoms with Crippen LogP contribution in [-0.4, -0.2) is 15.6 Å². The molecule has 0 spiro atoms. The molecule has 0 amide bonds. The van der Waals surface area contributed by atoms with Gasteiger partial charge in [0.2, 0.25) is 0 Å². The van der Waals surface area contributed by atoms with Crippen LogP contribution in [-0.2, 0) is 4.79 Å². The van der Waals surface area contributed by atoms with Crippen molar-refractivity contribution in [2.24, 2.45) is 5.41 Å². The van der Waals surface area contributed by atoms with E-state index in [1.54, 1.807) is 0 Å². The fourth-order valence-electron chi connectivity index (χ4n) is 2.16. The molecule has 4 heteroatoms. The number of hydrogen-bond acceptors (Lipinski definition) is 2. The molecule has 15 heavy (non-hydrogen) atoms. The summed E-state index contributed by atoms with van der Waals surface area (Å²) in [5.41, 5.74) is 0.170. The molecule has 1 heterocycles. The molecule has 1 fully saturated rings. The molecule has 2 rings (SSSR count). The van der Waals surface area contributed by atoms with Gasteiger partial charge >= 0.3 is 0 Å². The largest absolute Gasteiger partial charge is 0.300 e. The average molecular weight is 318 g/mol. The van der Waals surface area contributed by atoms with Crippen LogP contribution in [0.5, 0.6) is 0 Å². The van der Waals surface area contributed by atoms with E-state index in [9.17, 15) is 4.79 Å². The van der Waals surface area contributed by atoms with Gasteiger partial charge < -0.3 is 0 Å². The number of aromatic nitrogens is 2. The van der Waals surface area contributed by atoms with Crippen LogP contribution in [0.15, 0.2) is 12.4 Å². The maximum atomic E-state index is 11.5. The topological polar surface area (TPSA) is 34.9 Å². The first kappa shape index (κ1) is 11.1. The Hall–Kier alpha value is -0.390. The molecule has 1 aromatic rings. The Bertz CT molecular complexity index is 384. The van der Waals surface area contributed by atoms with Crippen molar-refractivity contribution in [1.82, 2.24) is 9.78 Å². The lowest BCUT2D eigenvalue weighted by Gasteiger charge is -2.37. The van der Waals surface area contributed by atoms with E-state index in [1.807, 2.05) is 17.1 Å². The van der Waals surface area contributed by atoms with Gasteiger partial charge in [-0.3, -0.25) is 9.48 Å². The second-order valence-corrected chi connectivity index (χ2v) is 6.13. The van der Waals surface area contributed by atoms with E-state index in [1.165, 1.54) is 0 Å². The highest BCUT2D eigenvalue weighted by Gasteiger charge is 2.37. The van der Waals surface area contributed by atoms with Crippen LogP contribution in [0.4, 0.5) is 0 Å². The summed E-state index contributed by atoms with van der Waals surface area (Å²) < 4.78 is 3.08. The van der Waals surface area contributed by atoms with Crippen molar-refractivity contribution in [3.8, 4) is 0 Å². The first-order valence-electron chi connectivity index (χ1n) is 5.20. The summed E-state index contributed by atoms with van der Waals surface area (Å²) in [5.74, 6) is 0.366. The lowest BCUT2D eigenvalue weighted by Crippen LogP contribution is -2.34. The van der Waals surface area contributed by atoms with Crippen molar-refractivity contribution in [2.75, 3.05) is 0 Å². The van der Waals surface area contributed by atoms with Crippen molar-refractivity contribution in [1.29, 1.82) is 0 Å². The SMILES string of the molecule is CC1(C)CCC(=O)CC1n1cc(I)cn1. The number of hydrogen-bond donors (Lipinski definition) is 0. The van der Waals surface area contributed by atoms with Crippen LogP contribution in [0.1, 0.15) is 39.2 Å². The Labute approximate surface area is 103 Å². The average Bonchev–Trinajstić information content (AvgIpc) is 2.56. The molecular formula is C11H15IN2O. The van der Waals surface area contributed by atoms with Crippen molar-refractivity contribution in [2.45, 2.75) is 39.2 Å². The number of ketones is 1. The van der Waals surface area contributed by atoms with Crippen LogP contribution in [0.3, 0.4) is 0 Å². The predicted octanol–water partition coefficient (Wildman–Crippen LogP) is 2.81. The summed E-state index contributed by atoms with van der Waals surface area (Å²) in [6.45, 7) is 4.44. The van der Waals surface area contributed by atoms with Crippen molar-refractivity contribution in [3.63, 3.8) is 0 Å². The first-order valence-corrected chi connectivity index (χ1v) is 6.28. The van der Waals surface area contributed by atoms with E-state index in [0.29, 0.717) is 12.2 Å². The van der Waals surface area contributed by atoms with Gasteiger partial charge in [-0.05, 0) is 34.4 Å². The van der Waals surface area contributed by atoms with Gasteiger partial charge in [-0.1, -0.05) is 13.8 Å². The second kappa shape index (κ2) is 3.88. The van der Waals surface area contributed by atoms with Crippen LogP contribution >= 0.6 is 22.6 Å². The van der Waals surface area contributed by atoms with Gasteiger partial charge in [-0.25, -0.2) is 0 Å². The zero-order valence-electron chi connectivity index (χ0n) is 9.03. The molecule has 1 aliphatic carbocycles. The molecule has 1 aliphatic rings. The third-order valence-electron chi connectivity index (χ3n) is 3.26. The van der Waals surface area contributed by atoms with E-state index in [0.717, 1.165) is 16.4 Å². The Morgan fingerprint density at radius 3 is 2.93 bits per heavy atom. The maximum Gasteiger partial charge on any atom is 0.135 e. The number of nitrogens with zero attached hydrogens (tertiary/aromatic N) is 2. The molecule has 0 N–H and O–H groups in total. The quantitative estimate of drug-likeness (QED) is 0.746. The minimum Gasteiger partial charge on any atom is -0.300 e. The predicted molar refractivity (Wildman–Crippen MR) is 66.6 cm³/mol. The molecule has 82 valence electrons. The van der Waals surface area contributed by atoms with Gasteiger partial charge in [-0.2, -0.15) is 5.10 Å². The summed E-state index contributed by atoms with van der Waals surface area (Å²) in [4.78, 5) is 11.5. The lowest BCUT2D eigenvalue weighted by atomic mass is 9.73. The van der Waals surface area contributed by atoms with E-state index >= 15 is 0 Å². The molecule has 0 aliphatic heterocycles. The number of Topliss-reactive ketones (excluding diaryl/α,β-unsaturated/α-hetero) is 1. The van der Waals surface area contributed by atoms with Crippen molar-refractivity contribution in [3.05, 3.63) is 16.0 Å². The van der Waals surface area contributed by atoms with Crippen LogP contribution in [0.25, 0.3) is 0 Å². The highest BCUT2D eigenvalue weighted by atomic mass is 127. The first-order chi connectivity index (χ1) is 6.99. The fraction of sp³-hybridized carbons (Fsp3) is 0.636. The van der Waals surface area contributed by atoms with Gasteiger partial charge in [0, 0.05) is 19.0 Å². The van der Waals surface area contributed by atoms with Gasteiger partial charge in [-0.15, -0.1) is 0 Å². The summed E-state index contributed by atoms with van der Waals surface area (Å²) in [7, 11) is 0. The van der Waals surface area contributed by atoms with Crippen LogP contribution in [0, 0.1) is 8.99 Å². The fourth-order valence-corrected chi connectivity index (χ4v) is 2.57. The smallest absolute Gasteiger partial charge is 0.135 e. The third-order valence-corrected chi connectivity index (χ3v) is 3.82. The Morgan fingerprint density at radius 2 is 2.33 bits per heavy atom. The summed E-state index contributed by atoms with van der Waals surface area (Å²) in [5, 5.41) is 4.33. The molecule has 1 saturated carbocycles. The van der Waals surface area contributed by atoms with Gasteiger partial charge in [0.05, 0.1) is 15.8 Å². The number of carbonyl (C=O) groups is 1. The molecule has 1 unspecified atom stereocenters. The molecular weight excluding hydrogens is 303 g/mol. The number of rotatable bonds is 1. The zero-order chi connectivity index (χ0) is 11.1. The molecule has 0 aromatic carbocycles. The highest BCUT2D eigenvalue weighted by Crippen LogP contribution is 2.42. The zero-order valence-corrected chi connectivity index (χ0v) is 11.2. The minimum atomic E-state index is 0.170. The molecule has 0 bridgehead atoms. The third kappa shape index (κ3) is 2.24. The minimum absolute atomic E-state index is 0.170.